The monoisotopic (exact) mass is 307 g/mol. The van der Waals surface area contributed by atoms with E-state index in [0.717, 1.165) is 32.4 Å². The molecular formula is C17H29N3O2. The van der Waals surface area contributed by atoms with Gasteiger partial charge in [0.1, 0.15) is 0 Å². The zero-order valence-electron chi connectivity index (χ0n) is 13.7. The lowest BCUT2D eigenvalue weighted by Gasteiger charge is -2.34. The van der Waals surface area contributed by atoms with Crippen molar-refractivity contribution in [2.45, 2.75) is 51.9 Å². The molecule has 0 spiro atoms. The predicted octanol–water partition coefficient (Wildman–Crippen LogP) is 2.52. The second-order valence-corrected chi connectivity index (χ2v) is 6.40. The lowest BCUT2D eigenvalue weighted by atomic mass is 9.95. The molecule has 5 heteroatoms. The predicted molar refractivity (Wildman–Crippen MR) is 87.3 cm³/mol. The zero-order chi connectivity index (χ0) is 15.9. The summed E-state index contributed by atoms with van der Waals surface area (Å²) in [7, 11) is 0. The quantitative estimate of drug-likeness (QED) is 0.793. The molecule has 124 valence electrons. The third kappa shape index (κ3) is 4.49. The van der Waals surface area contributed by atoms with E-state index in [0.29, 0.717) is 13.1 Å². The molecule has 2 rings (SSSR count). The number of urea groups is 1. The largest absolute Gasteiger partial charge is 0.351 e. The van der Waals surface area contributed by atoms with Crippen molar-refractivity contribution in [3.63, 3.8) is 0 Å². The van der Waals surface area contributed by atoms with Crippen molar-refractivity contribution < 1.29 is 9.59 Å². The first-order valence-corrected chi connectivity index (χ1v) is 8.63. The molecule has 0 bridgehead atoms. The molecule has 2 aliphatic rings. The molecule has 2 N–H and O–H groups in total. The van der Waals surface area contributed by atoms with Gasteiger partial charge in [0.25, 0.3) is 0 Å². The average Bonchev–Trinajstić information content (AvgIpc) is 2.56. The van der Waals surface area contributed by atoms with Crippen LogP contribution in [0.4, 0.5) is 4.79 Å². The summed E-state index contributed by atoms with van der Waals surface area (Å²) in [6.45, 7) is 4.72. The van der Waals surface area contributed by atoms with Crippen molar-refractivity contribution in [1.82, 2.24) is 9.80 Å². The van der Waals surface area contributed by atoms with Gasteiger partial charge in [-0.05, 0) is 51.9 Å². The van der Waals surface area contributed by atoms with Crippen molar-refractivity contribution in [2.24, 2.45) is 11.7 Å². The number of primary amides is 1. The molecule has 1 aliphatic carbocycles. The van der Waals surface area contributed by atoms with Gasteiger partial charge in [-0.2, -0.15) is 0 Å². The van der Waals surface area contributed by atoms with Gasteiger partial charge in [0.15, 0.2) is 0 Å². The Morgan fingerprint density at radius 2 is 2.18 bits per heavy atom. The Hall–Kier alpha value is -1.52. The number of hydrogen-bond acceptors (Lipinski definition) is 2. The maximum atomic E-state index is 12.7. The SMILES string of the molecule is CCN(CCC1=CCCCC1)C(=O)[C@H]1CCCN(C(N)=O)C1. The number of rotatable bonds is 5. The van der Waals surface area contributed by atoms with Crippen LogP contribution in [0.15, 0.2) is 11.6 Å². The van der Waals surface area contributed by atoms with E-state index < -0.39 is 6.03 Å². The van der Waals surface area contributed by atoms with E-state index >= 15 is 0 Å². The highest BCUT2D eigenvalue weighted by Crippen LogP contribution is 2.22. The summed E-state index contributed by atoms with van der Waals surface area (Å²) in [4.78, 5) is 27.6. The van der Waals surface area contributed by atoms with Gasteiger partial charge >= 0.3 is 6.03 Å². The van der Waals surface area contributed by atoms with E-state index in [1.165, 1.54) is 31.3 Å². The van der Waals surface area contributed by atoms with E-state index in [9.17, 15) is 9.59 Å². The number of allylic oxidation sites excluding steroid dienone is 1. The van der Waals surface area contributed by atoms with Gasteiger partial charge in [0, 0.05) is 26.2 Å². The summed E-state index contributed by atoms with van der Waals surface area (Å²) in [6, 6.07) is -0.409. The Kier molecular flexibility index (Phi) is 6.28. The molecule has 1 fully saturated rings. The molecule has 3 amide bonds. The molecule has 0 aromatic heterocycles. The highest BCUT2D eigenvalue weighted by molar-refractivity contribution is 5.80. The van der Waals surface area contributed by atoms with Crippen molar-refractivity contribution in [3.8, 4) is 0 Å². The number of hydrogen-bond donors (Lipinski definition) is 1. The van der Waals surface area contributed by atoms with Gasteiger partial charge < -0.3 is 15.5 Å². The molecule has 1 heterocycles. The summed E-state index contributed by atoms with van der Waals surface area (Å²) in [6.07, 6.45) is 10.0. The third-order valence-electron chi connectivity index (χ3n) is 4.86. The molecule has 0 saturated carbocycles. The summed E-state index contributed by atoms with van der Waals surface area (Å²) >= 11 is 0. The average molecular weight is 307 g/mol. The fraction of sp³-hybridized carbons (Fsp3) is 0.765. The Bertz CT molecular complexity index is 434. The van der Waals surface area contributed by atoms with E-state index in [4.69, 9.17) is 5.73 Å². The number of amides is 3. The number of carbonyl (C=O) groups is 2. The molecule has 5 nitrogen and oxygen atoms in total. The Morgan fingerprint density at radius 3 is 2.82 bits per heavy atom. The van der Waals surface area contributed by atoms with Crippen molar-refractivity contribution in [2.75, 3.05) is 26.2 Å². The Labute approximate surface area is 133 Å². The van der Waals surface area contributed by atoms with Crippen molar-refractivity contribution in [1.29, 1.82) is 0 Å². The first-order valence-electron chi connectivity index (χ1n) is 8.63. The summed E-state index contributed by atoms with van der Waals surface area (Å²) in [5, 5.41) is 0. The number of carbonyl (C=O) groups excluding carboxylic acids is 2. The van der Waals surface area contributed by atoms with Crippen LogP contribution < -0.4 is 5.73 Å². The Balaban J connectivity index is 1.87. The normalized spacial score (nSPS) is 22.1. The van der Waals surface area contributed by atoms with Crippen molar-refractivity contribution in [3.05, 3.63) is 11.6 Å². The van der Waals surface area contributed by atoms with Gasteiger partial charge in [-0.25, -0.2) is 4.79 Å². The maximum Gasteiger partial charge on any atom is 0.314 e. The second-order valence-electron chi connectivity index (χ2n) is 6.40. The van der Waals surface area contributed by atoms with E-state index in [1.54, 1.807) is 4.90 Å². The molecule has 1 saturated heterocycles. The van der Waals surface area contributed by atoms with Crippen LogP contribution in [0.1, 0.15) is 51.9 Å². The minimum atomic E-state index is -0.409. The maximum absolute atomic E-state index is 12.7. The van der Waals surface area contributed by atoms with Crippen LogP contribution in [-0.2, 0) is 4.79 Å². The third-order valence-corrected chi connectivity index (χ3v) is 4.86. The standard InChI is InChI=1S/C17H29N3O2/c1-2-19(12-10-14-7-4-3-5-8-14)16(21)15-9-6-11-20(13-15)17(18)22/h7,15H,2-6,8-13H2,1H3,(H2,18,22)/t15-/m0/s1. The number of piperidine rings is 1. The highest BCUT2D eigenvalue weighted by atomic mass is 16.2. The molecule has 0 aromatic rings. The van der Waals surface area contributed by atoms with Gasteiger partial charge in [-0.15, -0.1) is 0 Å². The Morgan fingerprint density at radius 1 is 1.36 bits per heavy atom. The van der Waals surface area contributed by atoms with Crippen LogP contribution in [0.2, 0.25) is 0 Å². The first kappa shape index (κ1) is 16.8. The van der Waals surface area contributed by atoms with Gasteiger partial charge in [-0.1, -0.05) is 11.6 Å². The summed E-state index contributed by atoms with van der Waals surface area (Å²) < 4.78 is 0. The van der Waals surface area contributed by atoms with Crippen LogP contribution in [-0.4, -0.2) is 47.9 Å². The number of nitrogens with zero attached hydrogens (tertiary/aromatic N) is 2. The molecule has 1 aliphatic heterocycles. The smallest absolute Gasteiger partial charge is 0.314 e. The van der Waals surface area contributed by atoms with Gasteiger partial charge in [-0.3, -0.25) is 4.79 Å². The zero-order valence-corrected chi connectivity index (χ0v) is 13.7. The summed E-state index contributed by atoms with van der Waals surface area (Å²) in [5.41, 5.74) is 6.85. The first-order chi connectivity index (χ1) is 10.6. The van der Waals surface area contributed by atoms with Crippen LogP contribution in [0.5, 0.6) is 0 Å². The molecule has 0 aromatic carbocycles. The fourth-order valence-electron chi connectivity index (χ4n) is 3.47. The van der Waals surface area contributed by atoms with Crippen LogP contribution in [0.3, 0.4) is 0 Å². The van der Waals surface area contributed by atoms with Crippen LogP contribution in [0.25, 0.3) is 0 Å². The second kappa shape index (κ2) is 8.20. The fourth-order valence-corrected chi connectivity index (χ4v) is 3.47. The highest BCUT2D eigenvalue weighted by Gasteiger charge is 2.30. The van der Waals surface area contributed by atoms with E-state index in [2.05, 4.69) is 6.08 Å². The molecule has 0 unspecified atom stereocenters. The lowest BCUT2D eigenvalue weighted by Crippen LogP contribution is -2.48. The van der Waals surface area contributed by atoms with Crippen LogP contribution >= 0.6 is 0 Å². The van der Waals surface area contributed by atoms with E-state index in [-0.39, 0.29) is 11.8 Å². The summed E-state index contributed by atoms with van der Waals surface area (Å²) in [5.74, 6) is 0.103. The van der Waals surface area contributed by atoms with Crippen molar-refractivity contribution >= 4 is 11.9 Å². The number of nitrogens with two attached hydrogens (primary N) is 1. The topological polar surface area (TPSA) is 66.6 Å². The van der Waals surface area contributed by atoms with Gasteiger partial charge in [0.05, 0.1) is 5.92 Å². The lowest BCUT2D eigenvalue weighted by molar-refractivity contribution is -0.136. The van der Waals surface area contributed by atoms with Crippen LogP contribution in [0, 0.1) is 5.92 Å². The number of likely N-dealkylation sites (tertiary alicyclic amines) is 1. The minimum Gasteiger partial charge on any atom is -0.351 e. The van der Waals surface area contributed by atoms with E-state index in [1.807, 2.05) is 11.8 Å². The minimum absolute atomic E-state index is 0.0819. The molecular weight excluding hydrogens is 278 g/mol. The molecule has 22 heavy (non-hydrogen) atoms. The molecule has 0 radical (unpaired) electrons. The molecule has 1 atom stereocenters. The van der Waals surface area contributed by atoms with Gasteiger partial charge in [0.2, 0.25) is 5.91 Å².